The van der Waals surface area contributed by atoms with E-state index >= 15 is 0 Å². The quantitative estimate of drug-likeness (QED) is 0.554. The number of nitrogens with zero attached hydrogens (tertiary/aromatic N) is 3. The van der Waals surface area contributed by atoms with Crippen LogP contribution in [0.5, 0.6) is 0 Å². The molecule has 2 aromatic rings. The highest BCUT2D eigenvalue weighted by molar-refractivity contribution is 6.31. The first-order valence-electron chi connectivity index (χ1n) is 9.09. The van der Waals surface area contributed by atoms with Crippen molar-refractivity contribution in [1.82, 2.24) is 9.80 Å². The van der Waals surface area contributed by atoms with E-state index in [1.165, 1.54) is 42.5 Å². The molecule has 0 spiro atoms. The monoisotopic (exact) mass is 435 g/mol. The maximum absolute atomic E-state index is 12.9. The van der Waals surface area contributed by atoms with E-state index in [2.05, 4.69) is 10.6 Å². The van der Waals surface area contributed by atoms with Crippen LogP contribution in [0.4, 0.5) is 26.2 Å². The van der Waals surface area contributed by atoms with Gasteiger partial charge in [0.05, 0.1) is 11.5 Å². The zero-order valence-corrected chi connectivity index (χ0v) is 16.6. The number of carbonyl (C=O) groups excluding carboxylic acids is 2. The molecule has 1 fully saturated rings. The van der Waals surface area contributed by atoms with Crippen LogP contribution in [0.3, 0.4) is 0 Å². The van der Waals surface area contributed by atoms with Crippen molar-refractivity contribution in [2.45, 2.75) is 0 Å². The van der Waals surface area contributed by atoms with Crippen molar-refractivity contribution in [2.75, 3.05) is 43.4 Å². The molecular formula is C19H19ClFN5O4. The number of nitro groups is 1. The van der Waals surface area contributed by atoms with Gasteiger partial charge < -0.3 is 15.5 Å². The lowest BCUT2D eigenvalue weighted by Gasteiger charge is -2.34. The number of hydrogen-bond acceptors (Lipinski definition) is 5. The number of piperazine rings is 1. The summed E-state index contributed by atoms with van der Waals surface area (Å²) in [5.41, 5.74) is 0.288. The lowest BCUT2D eigenvalue weighted by molar-refractivity contribution is -0.383. The molecule has 158 valence electrons. The third-order valence-corrected chi connectivity index (χ3v) is 4.79. The Morgan fingerprint density at radius 2 is 1.73 bits per heavy atom. The second kappa shape index (κ2) is 9.51. The van der Waals surface area contributed by atoms with Crippen LogP contribution < -0.4 is 10.6 Å². The van der Waals surface area contributed by atoms with Crippen molar-refractivity contribution >= 4 is 40.6 Å². The van der Waals surface area contributed by atoms with Gasteiger partial charge in [-0.25, -0.2) is 9.18 Å². The number of anilines is 2. The molecule has 2 N–H and O–H groups in total. The van der Waals surface area contributed by atoms with E-state index in [-0.39, 0.29) is 34.8 Å². The summed E-state index contributed by atoms with van der Waals surface area (Å²) in [6.07, 6.45) is 0. The van der Waals surface area contributed by atoms with Crippen LogP contribution in [-0.2, 0) is 4.79 Å². The molecule has 0 aromatic heterocycles. The summed E-state index contributed by atoms with van der Waals surface area (Å²) in [6.45, 7) is 1.75. The number of halogens is 2. The fourth-order valence-corrected chi connectivity index (χ4v) is 3.18. The molecule has 11 heteroatoms. The van der Waals surface area contributed by atoms with Crippen molar-refractivity contribution in [1.29, 1.82) is 0 Å². The number of amides is 3. The normalized spacial score (nSPS) is 14.3. The number of rotatable bonds is 5. The summed E-state index contributed by atoms with van der Waals surface area (Å²) >= 11 is 5.86. The van der Waals surface area contributed by atoms with Gasteiger partial charge in [0.1, 0.15) is 11.5 Å². The number of nitro benzene ring substituents is 1. The SMILES string of the molecule is O=C(CN1CCN(C(=O)Nc2ccc(F)cc2)CC1)Nc1cc(Cl)ccc1[N+](=O)[O-]. The first-order valence-corrected chi connectivity index (χ1v) is 9.47. The Hall–Kier alpha value is -3.24. The smallest absolute Gasteiger partial charge is 0.321 e. The van der Waals surface area contributed by atoms with Crippen molar-refractivity contribution in [2.24, 2.45) is 0 Å². The van der Waals surface area contributed by atoms with Crippen molar-refractivity contribution in [3.63, 3.8) is 0 Å². The van der Waals surface area contributed by atoms with E-state index < -0.39 is 10.8 Å². The lowest BCUT2D eigenvalue weighted by Crippen LogP contribution is -2.51. The second-order valence-corrected chi connectivity index (χ2v) is 7.10. The van der Waals surface area contributed by atoms with Gasteiger partial charge in [0.2, 0.25) is 5.91 Å². The van der Waals surface area contributed by atoms with Gasteiger partial charge in [-0.2, -0.15) is 0 Å². The van der Waals surface area contributed by atoms with Crippen LogP contribution in [0.15, 0.2) is 42.5 Å². The molecule has 1 heterocycles. The highest BCUT2D eigenvalue weighted by Gasteiger charge is 2.23. The van der Waals surface area contributed by atoms with Crippen molar-refractivity contribution in [3.05, 3.63) is 63.4 Å². The zero-order valence-electron chi connectivity index (χ0n) is 15.8. The summed E-state index contributed by atoms with van der Waals surface area (Å²) in [7, 11) is 0. The fraction of sp³-hybridized carbons (Fsp3) is 0.263. The predicted molar refractivity (Wildman–Crippen MR) is 110 cm³/mol. The first kappa shape index (κ1) is 21.5. The highest BCUT2D eigenvalue weighted by Crippen LogP contribution is 2.27. The second-order valence-electron chi connectivity index (χ2n) is 6.67. The molecule has 30 heavy (non-hydrogen) atoms. The van der Waals surface area contributed by atoms with E-state index in [0.29, 0.717) is 31.9 Å². The minimum atomic E-state index is -0.593. The maximum atomic E-state index is 12.9. The van der Waals surface area contributed by atoms with Gasteiger partial charge in [0.25, 0.3) is 5.69 Å². The van der Waals surface area contributed by atoms with Crippen molar-refractivity contribution in [3.8, 4) is 0 Å². The van der Waals surface area contributed by atoms with Gasteiger partial charge in [-0.05, 0) is 36.4 Å². The number of carbonyl (C=O) groups is 2. The average Bonchev–Trinajstić information content (AvgIpc) is 2.70. The molecule has 1 saturated heterocycles. The molecule has 1 aliphatic heterocycles. The minimum absolute atomic E-state index is 0.0249. The molecule has 0 unspecified atom stereocenters. The molecule has 0 saturated carbocycles. The van der Waals surface area contributed by atoms with Crippen LogP contribution in [0.1, 0.15) is 0 Å². The Morgan fingerprint density at radius 3 is 2.37 bits per heavy atom. The molecule has 9 nitrogen and oxygen atoms in total. The summed E-state index contributed by atoms with van der Waals surface area (Å²) in [5.74, 6) is -0.799. The fourth-order valence-electron chi connectivity index (χ4n) is 3.01. The number of urea groups is 1. The van der Waals surface area contributed by atoms with Gasteiger partial charge in [-0.3, -0.25) is 19.8 Å². The molecule has 3 rings (SSSR count). The highest BCUT2D eigenvalue weighted by atomic mass is 35.5. The average molecular weight is 436 g/mol. The van der Waals surface area contributed by atoms with Gasteiger partial charge >= 0.3 is 6.03 Å². The summed E-state index contributed by atoms with van der Waals surface area (Å²) in [5, 5.41) is 16.6. The van der Waals surface area contributed by atoms with Gasteiger partial charge in [-0.1, -0.05) is 11.6 Å². The van der Waals surface area contributed by atoms with Crippen LogP contribution in [-0.4, -0.2) is 59.4 Å². The van der Waals surface area contributed by atoms with Crippen LogP contribution in [0.25, 0.3) is 0 Å². The number of hydrogen-bond donors (Lipinski definition) is 2. The summed E-state index contributed by atoms with van der Waals surface area (Å²) in [4.78, 5) is 38.5. The molecule has 0 radical (unpaired) electrons. The van der Waals surface area contributed by atoms with Crippen LogP contribution >= 0.6 is 11.6 Å². The largest absolute Gasteiger partial charge is 0.322 e. The van der Waals surface area contributed by atoms with E-state index in [1.807, 2.05) is 4.90 Å². The summed E-state index contributed by atoms with van der Waals surface area (Å²) in [6, 6.07) is 9.11. The lowest BCUT2D eigenvalue weighted by atomic mass is 10.2. The van der Waals surface area contributed by atoms with Gasteiger partial charge in [0.15, 0.2) is 0 Å². The third-order valence-electron chi connectivity index (χ3n) is 4.55. The molecule has 0 aliphatic carbocycles. The Labute approximate surface area is 176 Å². The maximum Gasteiger partial charge on any atom is 0.321 e. The van der Waals surface area contributed by atoms with Crippen LogP contribution in [0, 0.1) is 15.9 Å². The van der Waals surface area contributed by atoms with E-state index in [0.717, 1.165) is 0 Å². The molecule has 0 bridgehead atoms. The topological polar surface area (TPSA) is 108 Å². The first-order chi connectivity index (χ1) is 14.3. The third kappa shape index (κ3) is 5.65. The van der Waals surface area contributed by atoms with E-state index in [4.69, 9.17) is 11.6 Å². The van der Waals surface area contributed by atoms with E-state index in [9.17, 15) is 24.1 Å². The number of nitrogens with one attached hydrogen (secondary N) is 2. The Morgan fingerprint density at radius 1 is 1.07 bits per heavy atom. The standard InChI is InChI=1S/C19H19ClFN5O4/c20-13-1-6-17(26(29)30)16(11-13)23-18(27)12-24-7-9-25(10-8-24)19(28)22-15-4-2-14(21)3-5-15/h1-6,11H,7-10,12H2,(H,22,28)(H,23,27). The Kier molecular flexibility index (Phi) is 6.80. The predicted octanol–water partition coefficient (Wildman–Crippen LogP) is 3.18. The molecule has 2 aromatic carbocycles. The Balaban J connectivity index is 1.49. The zero-order chi connectivity index (χ0) is 21.7. The van der Waals surface area contributed by atoms with E-state index in [1.54, 1.807) is 4.90 Å². The van der Waals surface area contributed by atoms with Crippen LogP contribution in [0.2, 0.25) is 5.02 Å². The number of benzene rings is 2. The van der Waals surface area contributed by atoms with Gasteiger partial charge in [0, 0.05) is 43.0 Å². The molecule has 3 amide bonds. The van der Waals surface area contributed by atoms with Gasteiger partial charge in [-0.15, -0.1) is 0 Å². The minimum Gasteiger partial charge on any atom is -0.322 e. The molecule has 0 atom stereocenters. The molecule has 1 aliphatic rings. The summed E-state index contributed by atoms with van der Waals surface area (Å²) < 4.78 is 12.9. The Bertz CT molecular complexity index is 948. The molecular weight excluding hydrogens is 417 g/mol. The van der Waals surface area contributed by atoms with Crippen molar-refractivity contribution < 1.29 is 18.9 Å².